The second-order valence-corrected chi connectivity index (χ2v) is 8.40. The molecule has 1 heterocycles. The van der Waals surface area contributed by atoms with Crippen LogP contribution in [-0.2, 0) is 10.0 Å². The van der Waals surface area contributed by atoms with E-state index in [-0.39, 0.29) is 10.6 Å². The molecule has 0 bridgehead atoms. The highest BCUT2D eigenvalue weighted by molar-refractivity contribution is 7.89. The standard InChI is InChI=1S/C21H24N4O3S/c1-4-25(5-2)29(27,28)17-11-13-20(22-14-17)24-23-15(3)18-12-10-16-8-6-7-9-19(16)21(18)26/h6-14,26H,4-5H2,1-3H3,(H,22,24). The van der Waals surface area contributed by atoms with Crippen molar-refractivity contribution in [2.45, 2.75) is 25.7 Å². The van der Waals surface area contributed by atoms with Crippen molar-refractivity contribution in [3.63, 3.8) is 0 Å². The van der Waals surface area contributed by atoms with Crippen molar-refractivity contribution in [1.29, 1.82) is 0 Å². The lowest BCUT2D eigenvalue weighted by Crippen LogP contribution is -2.30. The molecule has 2 aromatic carbocycles. The van der Waals surface area contributed by atoms with E-state index in [9.17, 15) is 13.5 Å². The summed E-state index contributed by atoms with van der Waals surface area (Å²) < 4.78 is 26.4. The van der Waals surface area contributed by atoms with Gasteiger partial charge in [0.05, 0.1) is 5.71 Å². The smallest absolute Gasteiger partial charge is 0.244 e. The molecular weight excluding hydrogens is 388 g/mol. The van der Waals surface area contributed by atoms with Gasteiger partial charge in [-0.3, -0.25) is 5.43 Å². The normalized spacial score (nSPS) is 12.5. The number of nitrogens with zero attached hydrogens (tertiary/aromatic N) is 3. The summed E-state index contributed by atoms with van der Waals surface area (Å²) in [7, 11) is -3.54. The zero-order chi connectivity index (χ0) is 21.0. The van der Waals surface area contributed by atoms with Gasteiger partial charge in [-0.25, -0.2) is 13.4 Å². The number of sulfonamides is 1. The van der Waals surface area contributed by atoms with Crippen LogP contribution in [0.5, 0.6) is 5.75 Å². The summed E-state index contributed by atoms with van der Waals surface area (Å²) in [4.78, 5) is 4.29. The average Bonchev–Trinajstić information content (AvgIpc) is 2.73. The number of aromatic nitrogens is 1. The third-order valence-corrected chi connectivity index (χ3v) is 6.74. The molecule has 0 saturated carbocycles. The summed E-state index contributed by atoms with van der Waals surface area (Å²) in [6.45, 7) is 6.17. The van der Waals surface area contributed by atoms with E-state index in [0.29, 0.717) is 30.2 Å². The SMILES string of the molecule is CCN(CC)S(=O)(=O)c1ccc(NN=C(C)c2ccc3ccccc3c2O)nc1. The number of nitrogens with one attached hydrogen (secondary N) is 1. The van der Waals surface area contributed by atoms with Crippen LogP contribution in [-0.4, -0.2) is 41.6 Å². The number of phenolic OH excluding ortho intramolecular Hbond substituents is 1. The van der Waals surface area contributed by atoms with Crippen molar-refractivity contribution in [2.24, 2.45) is 5.10 Å². The molecule has 152 valence electrons. The number of aromatic hydroxyl groups is 1. The molecule has 7 nitrogen and oxygen atoms in total. The van der Waals surface area contributed by atoms with E-state index in [0.717, 1.165) is 10.8 Å². The summed E-state index contributed by atoms with van der Waals surface area (Å²) in [5.41, 5.74) is 4.00. The molecule has 2 N–H and O–H groups in total. The molecule has 3 rings (SSSR count). The molecular formula is C21H24N4O3S. The van der Waals surface area contributed by atoms with Gasteiger partial charge < -0.3 is 5.11 Å². The van der Waals surface area contributed by atoms with Crippen molar-refractivity contribution in [3.8, 4) is 5.75 Å². The first-order chi connectivity index (χ1) is 13.9. The Labute approximate surface area is 170 Å². The van der Waals surface area contributed by atoms with Gasteiger partial charge in [-0.05, 0) is 30.5 Å². The van der Waals surface area contributed by atoms with Crippen molar-refractivity contribution in [2.75, 3.05) is 18.5 Å². The predicted molar refractivity (Wildman–Crippen MR) is 116 cm³/mol. The van der Waals surface area contributed by atoms with E-state index in [1.807, 2.05) is 36.4 Å². The Morgan fingerprint density at radius 3 is 2.48 bits per heavy atom. The van der Waals surface area contributed by atoms with Gasteiger partial charge in [-0.2, -0.15) is 9.41 Å². The first-order valence-corrected chi connectivity index (χ1v) is 10.8. The maximum absolute atomic E-state index is 12.5. The second-order valence-electron chi connectivity index (χ2n) is 6.46. The number of hydrazone groups is 1. The number of pyridine rings is 1. The molecule has 0 atom stereocenters. The van der Waals surface area contributed by atoms with Crippen LogP contribution >= 0.6 is 0 Å². The van der Waals surface area contributed by atoms with Crippen molar-refractivity contribution in [1.82, 2.24) is 9.29 Å². The predicted octanol–water partition coefficient (Wildman–Crippen LogP) is 3.81. The van der Waals surface area contributed by atoms with Crippen LogP contribution in [0.15, 0.2) is 64.7 Å². The van der Waals surface area contributed by atoms with Crippen LogP contribution in [0.3, 0.4) is 0 Å². The Balaban J connectivity index is 1.81. The minimum absolute atomic E-state index is 0.139. The molecule has 0 spiro atoms. The summed E-state index contributed by atoms with van der Waals surface area (Å²) in [5.74, 6) is 0.572. The van der Waals surface area contributed by atoms with Gasteiger partial charge in [-0.15, -0.1) is 0 Å². The minimum atomic E-state index is -3.54. The molecule has 0 unspecified atom stereocenters. The summed E-state index contributed by atoms with van der Waals surface area (Å²) in [6, 6.07) is 14.4. The summed E-state index contributed by atoms with van der Waals surface area (Å²) in [5, 5.41) is 16.5. The fourth-order valence-corrected chi connectivity index (χ4v) is 4.46. The monoisotopic (exact) mass is 412 g/mol. The largest absolute Gasteiger partial charge is 0.507 e. The van der Waals surface area contributed by atoms with Gasteiger partial charge in [0.2, 0.25) is 10.0 Å². The highest BCUT2D eigenvalue weighted by Crippen LogP contribution is 2.29. The molecule has 0 amide bonds. The van der Waals surface area contributed by atoms with E-state index in [1.165, 1.54) is 16.6 Å². The third-order valence-electron chi connectivity index (χ3n) is 4.71. The molecule has 29 heavy (non-hydrogen) atoms. The summed E-state index contributed by atoms with van der Waals surface area (Å²) in [6.07, 6.45) is 1.31. The van der Waals surface area contributed by atoms with Crippen LogP contribution < -0.4 is 5.43 Å². The number of anilines is 1. The molecule has 0 fully saturated rings. The number of rotatable bonds is 7. The maximum atomic E-state index is 12.5. The van der Waals surface area contributed by atoms with E-state index in [4.69, 9.17) is 0 Å². The van der Waals surface area contributed by atoms with Gasteiger partial charge in [0, 0.05) is 30.2 Å². The van der Waals surface area contributed by atoms with E-state index < -0.39 is 10.0 Å². The van der Waals surface area contributed by atoms with E-state index in [2.05, 4.69) is 15.5 Å². The van der Waals surface area contributed by atoms with Crippen LogP contribution in [0.25, 0.3) is 10.8 Å². The van der Waals surface area contributed by atoms with Crippen LogP contribution in [0, 0.1) is 0 Å². The van der Waals surface area contributed by atoms with Crippen molar-refractivity contribution in [3.05, 3.63) is 60.3 Å². The Hall–Kier alpha value is -2.97. The molecule has 0 aliphatic rings. The molecule has 1 aromatic heterocycles. The van der Waals surface area contributed by atoms with Gasteiger partial charge in [0.25, 0.3) is 0 Å². The van der Waals surface area contributed by atoms with Crippen LogP contribution in [0.2, 0.25) is 0 Å². The van der Waals surface area contributed by atoms with E-state index >= 15 is 0 Å². The topological polar surface area (TPSA) is 94.9 Å². The third kappa shape index (κ3) is 4.23. The second kappa shape index (κ2) is 8.59. The van der Waals surface area contributed by atoms with E-state index in [1.54, 1.807) is 26.8 Å². The molecule has 0 saturated heterocycles. The number of hydrogen-bond donors (Lipinski definition) is 2. The Morgan fingerprint density at radius 1 is 1.10 bits per heavy atom. The van der Waals surface area contributed by atoms with Crippen LogP contribution in [0.4, 0.5) is 5.82 Å². The lowest BCUT2D eigenvalue weighted by molar-refractivity contribution is 0.445. The first kappa shape index (κ1) is 20.8. The van der Waals surface area contributed by atoms with Crippen molar-refractivity contribution >= 4 is 32.3 Å². The maximum Gasteiger partial charge on any atom is 0.244 e. The zero-order valence-corrected chi connectivity index (χ0v) is 17.4. The van der Waals surface area contributed by atoms with Gasteiger partial charge in [0.1, 0.15) is 16.5 Å². The Bertz CT molecular complexity index is 1140. The zero-order valence-electron chi connectivity index (χ0n) is 16.6. The molecule has 3 aromatic rings. The fraction of sp³-hybridized carbons (Fsp3) is 0.238. The Kier molecular flexibility index (Phi) is 6.14. The number of fused-ring (bicyclic) bond motifs is 1. The number of benzene rings is 2. The highest BCUT2D eigenvalue weighted by Gasteiger charge is 2.21. The first-order valence-electron chi connectivity index (χ1n) is 9.36. The number of hydrogen-bond acceptors (Lipinski definition) is 6. The fourth-order valence-electron chi connectivity index (χ4n) is 3.06. The van der Waals surface area contributed by atoms with Crippen LogP contribution in [0.1, 0.15) is 26.3 Å². The molecule has 0 radical (unpaired) electrons. The molecule has 0 aliphatic carbocycles. The number of phenols is 1. The lowest BCUT2D eigenvalue weighted by atomic mass is 10.0. The Morgan fingerprint density at radius 2 is 1.83 bits per heavy atom. The minimum Gasteiger partial charge on any atom is -0.507 e. The van der Waals surface area contributed by atoms with Crippen molar-refractivity contribution < 1.29 is 13.5 Å². The lowest BCUT2D eigenvalue weighted by Gasteiger charge is -2.18. The highest BCUT2D eigenvalue weighted by atomic mass is 32.2. The van der Waals surface area contributed by atoms with Gasteiger partial charge in [0.15, 0.2) is 0 Å². The molecule has 8 heteroatoms. The summed E-state index contributed by atoms with van der Waals surface area (Å²) >= 11 is 0. The van der Waals surface area contributed by atoms with Gasteiger partial charge >= 0.3 is 0 Å². The quantitative estimate of drug-likeness (QED) is 0.455. The molecule has 0 aliphatic heterocycles. The van der Waals surface area contributed by atoms with Gasteiger partial charge in [-0.1, -0.05) is 44.2 Å². The average molecular weight is 413 g/mol.